The second kappa shape index (κ2) is 9.43. The highest BCUT2D eigenvalue weighted by Crippen LogP contribution is 2.44. The molecule has 188 valence electrons. The number of sulfonamides is 1. The number of nitrogens with zero attached hydrogens (tertiary/aromatic N) is 3. The average molecular weight is 519 g/mol. The molecular weight excluding hydrogens is 492 g/mol. The standard InChI is InChI=1S/C31H26N4O2S/c1-23-15-17-26(18-16-23)38(36,37)35(25-12-6-3-7-13-25)30-27-19-20-31(22-28(27)33-34-30,24-10-4-2-5-11-24)29-14-8-9-21-32-29/h2-21H,22H2,1H3,(H,33,34). The Kier molecular flexibility index (Phi) is 5.93. The molecule has 0 amide bonds. The summed E-state index contributed by atoms with van der Waals surface area (Å²) in [4.78, 5) is 4.91. The van der Waals surface area contributed by atoms with E-state index >= 15 is 0 Å². The van der Waals surface area contributed by atoms with Crippen LogP contribution in [-0.2, 0) is 21.9 Å². The number of anilines is 2. The number of rotatable bonds is 6. The summed E-state index contributed by atoms with van der Waals surface area (Å²) < 4.78 is 29.4. The van der Waals surface area contributed by atoms with Crippen LogP contribution in [0.3, 0.4) is 0 Å². The fourth-order valence-electron chi connectivity index (χ4n) is 5.04. The van der Waals surface area contributed by atoms with Crippen molar-refractivity contribution in [3.63, 3.8) is 0 Å². The fraction of sp³-hybridized carbons (Fsp3) is 0.0968. The summed E-state index contributed by atoms with van der Waals surface area (Å²) in [6.07, 6.45) is 6.45. The van der Waals surface area contributed by atoms with Crippen LogP contribution < -0.4 is 4.31 Å². The molecular formula is C31H26N4O2S. The van der Waals surface area contributed by atoms with E-state index in [9.17, 15) is 8.42 Å². The smallest absolute Gasteiger partial charge is 0.269 e. The van der Waals surface area contributed by atoms with Crippen LogP contribution in [0.4, 0.5) is 11.5 Å². The van der Waals surface area contributed by atoms with Gasteiger partial charge in [-0.2, -0.15) is 5.10 Å². The number of H-pyrrole nitrogens is 1. The first-order chi connectivity index (χ1) is 18.5. The quantitative estimate of drug-likeness (QED) is 0.290. The molecule has 0 spiro atoms. The first kappa shape index (κ1) is 23.9. The largest absolute Gasteiger partial charge is 0.280 e. The van der Waals surface area contributed by atoms with Crippen LogP contribution in [0.25, 0.3) is 6.08 Å². The lowest BCUT2D eigenvalue weighted by Crippen LogP contribution is -2.32. The molecule has 38 heavy (non-hydrogen) atoms. The molecule has 1 atom stereocenters. The highest BCUT2D eigenvalue weighted by Gasteiger charge is 2.39. The van der Waals surface area contributed by atoms with E-state index in [1.807, 2.05) is 67.6 Å². The van der Waals surface area contributed by atoms with Crippen LogP contribution in [0.1, 0.15) is 28.1 Å². The topological polar surface area (TPSA) is 79.0 Å². The summed E-state index contributed by atoms with van der Waals surface area (Å²) in [5, 5.41) is 7.76. The summed E-state index contributed by atoms with van der Waals surface area (Å²) in [5.74, 6) is 0.339. The maximum absolute atomic E-state index is 14.0. The van der Waals surface area contributed by atoms with Gasteiger partial charge < -0.3 is 0 Å². The Labute approximate surface area is 222 Å². The van der Waals surface area contributed by atoms with Gasteiger partial charge in [0.25, 0.3) is 10.0 Å². The molecule has 1 aliphatic rings. The Morgan fingerprint density at radius 2 is 1.53 bits per heavy atom. The third-order valence-corrected chi connectivity index (χ3v) is 8.74. The zero-order valence-electron chi connectivity index (χ0n) is 20.8. The summed E-state index contributed by atoms with van der Waals surface area (Å²) in [6, 6.07) is 32.1. The number of aromatic amines is 1. The predicted molar refractivity (Wildman–Crippen MR) is 150 cm³/mol. The number of hydrogen-bond donors (Lipinski definition) is 1. The van der Waals surface area contributed by atoms with Crippen molar-refractivity contribution < 1.29 is 8.42 Å². The van der Waals surface area contributed by atoms with Crippen molar-refractivity contribution in [3.05, 3.63) is 143 Å². The van der Waals surface area contributed by atoms with Crippen LogP contribution in [0, 0.1) is 6.92 Å². The Hall–Kier alpha value is -4.49. The second-order valence-corrected chi connectivity index (χ2v) is 11.2. The third-order valence-electron chi connectivity index (χ3n) is 7.01. The minimum Gasteiger partial charge on any atom is -0.280 e. The van der Waals surface area contributed by atoms with Crippen LogP contribution in [0.5, 0.6) is 0 Å². The van der Waals surface area contributed by atoms with Gasteiger partial charge in [0.15, 0.2) is 5.82 Å². The number of fused-ring (bicyclic) bond motifs is 1. The van der Waals surface area contributed by atoms with Crippen molar-refractivity contribution in [1.29, 1.82) is 0 Å². The minimum atomic E-state index is -3.96. The molecule has 0 aliphatic heterocycles. The summed E-state index contributed by atoms with van der Waals surface area (Å²) in [6.45, 7) is 1.93. The summed E-state index contributed by atoms with van der Waals surface area (Å²) >= 11 is 0. The molecule has 1 unspecified atom stereocenters. The Morgan fingerprint density at radius 3 is 2.21 bits per heavy atom. The molecule has 0 radical (unpaired) electrons. The van der Waals surface area contributed by atoms with Crippen LogP contribution in [0.15, 0.2) is 120 Å². The summed E-state index contributed by atoms with van der Waals surface area (Å²) in [7, 11) is -3.96. The van der Waals surface area contributed by atoms with Crippen molar-refractivity contribution in [3.8, 4) is 0 Å². The van der Waals surface area contributed by atoms with Crippen molar-refractivity contribution >= 4 is 27.6 Å². The fourth-order valence-corrected chi connectivity index (χ4v) is 6.50. The average Bonchev–Trinajstić information content (AvgIpc) is 3.37. The number of nitrogens with one attached hydrogen (secondary N) is 1. The van der Waals surface area contributed by atoms with Crippen LogP contribution in [0.2, 0.25) is 0 Å². The number of aryl methyl sites for hydroxylation is 1. The predicted octanol–water partition coefficient (Wildman–Crippen LogP) is 6.20. The highest BCUT2D eigenvalue weighted by atomic mass is 32.2. The molecule has 1 N–H and O–H groups in total. The Morgan fingerprint density at radius 1 is 0.842 bits per heavy atom. The van der Waals surface area contributed by atoms with Gasteiger partial charge in [0.2, 0.25) is 0 Å². The maximum atomic E-state index is 14.0. The third kappa shape index (κ3) is 4.01. The van der Waals surface area contributed by atoms with Crippen molar-refractivity contribution in [2.75, 3.05) is 4.31 Å². The SMILES string of the molecule is Cc1ccc(S(=O)(=O)N(c2ccccc2)c2n[nH]c3c2C=CC(c2ccccc2)(c2ccccn2)C3)cc1. The van der Waals surface area contributed by atoms with Gasteiger partial charge in [-0.25, -0.2) is 12.7 Å². The monoisotopic (exact) mass is 518 g/mol. The van der Waals surface area contributed by atoms with E-state index in [0.717, 1.165) is 28.1 Å². The van der Waals surface area contributed by atoms with Gasteiger partial charge in [-0.1, -0.05) is 84.4 Å². The van der Waals surface area contributed by atoms with Gasteiger partial charge in [0.05, 0.1) is 21.7 Å². The van der Waals surface area contributed by atoms with E-state index in [4.69, 9.17) is 4.98 Å². The lowest BCUT2D eigenvalue weighted by Gasteiger charge is -2.33. The molecule has 2 heterocycles. The van der Waals surface area contributed by atoms with Crippen molar-refractivity contribution in [2.45, 2.75) is 23.7 Å². The lowest BCUT2D eigenvalue weighted by molar-refractivity contribution is 0.595. The molecule has 0 fully saturated rings. The maximum Gasteiger partial charge on any atom is 0.269 e. The first-order valence-corrected chi connectivity index (χ1v) is 13.8. The van der Waals surface area contributed by atoms with E-state index in [1.54, 1.807) is 42.6 Å². The molecule has 6 nitrogen and oxygen atoms in total. The minimum absolute atomic E-state index is 0.204. The van der Waals surface area contributed by atoms with Gasteiger partial charge in [-0.15, -0.1) is 0 Å². The number of benzene rings is 3. The molecule has 1 aliphatic carbocycles. The zero-order chi connectivity index (χ0) is 26.2. The van der Waals surface area contributed by atoms with Gasteiger partial charge in [0, 0.05) is 23.9 Å². The summed E-state index contributed by atoms with van der Waals surface area (Å²) in [5.41, 5.74) is 4.58. The second-order valence-electron chi connectivity index (χ2n) is 9.42. The number of para-hydroxylation sites is 1. The van der Waals surface area contributed by atoms with E-state index in [-0.39, 0.29) is 4.90 Å². The van der Waals surface area contributed by atoms with E-state index in [2.05, 4.69) is 28.4 Å². The normalized spacial score (nSPS) is 16.7. The van der Waals surface area contributed by atoms with Gasteiger partial charge >= 0.3 is 0 Å². The molecule has 5 aromatic rings. The number of pyridine rings is 1. The van der Waals surface area contributed by atoms with E-state index in [1.165, 1.54) is 4.31 Å². The van der Waals surface area contributed by atoms with E-state index in [0.29, 0.717) is 17.9 Å². The molecule has 0 saturated carbocycles. The van der Waals surface area contributed by atoms with Gasteiger partial charge in [-0.3, -0.25) is 10.1 Å². The molecule has 6 rings (SSSR count). The molecule has 0 saturated heterocycles. The number of hydrogen-bond acceptors (Lipinski definition) is 4. The Balaban J connectivity index is 1.51. The van der Waals surface area contributed by atoms with Crippen LogP contribution >= 0.6 is 0 Å². The Bertz CT molecular complexity index is 1660. The molecule has 0 bridgehead atoms. The van der Waals surface area contributed by atoms with Crippen molar-refractivity contribution in [2.24, 2.45) is 0 Å². The van der Waals surface area contributed by atoms with Crippen molar-refractivity contribution in [1.82, 2.24) is 15.2 Å². The molecule has 3 aromatic carbocycles. The van der Waals surface area contributed by atoms with E-state index < -0.39 is 15.4 Å². The first-order valence-electron chi connectivity index (χ1n) is 12.4. The molecule has 7 heteroatoms. The number of allylic oxidation sites excluding steroid dienone is 1. The zero-order valence-corrected chi connectivity index (χ0v) is 21.6. The highest BCUT2D eigenvalue weighted by molar-refractivity contribution is 7.93. The van der Waals surface area contributed by atoms with Gasteiger partial charge in [-0.05, 0) is 48.9 Å². The lowest BCUT2D eigenvalue weighted by atomic mass is 9.70. The number of aromatic nitrogens is 3. The van der Waals surface area contributed by atoms with Gasteiger partial charge in [0.1, 0.15) is 0 Å². The van der Waals surface area contributed by atoms with Crippen LogP contribution in [-0.4, -0.2) is 23.6 Å². The molecule has 2 aromatic heterocycles.